The van der Waals surface area contributed by atoms with Crippen molar-refractivity contribution in [2.45, 2.75) is 44.0 Å². The molecule has 2 heterocycles. The fourth-order valence-corrected chi connectivity index (χ4v) is 5.24. The summed E-state index contributed by atoms with van der Waals surface area (Å²) in [6.45, 7) is 3.79. The molecule has 3 heteroatoms. The van der Waals surface area contributed by atoms with Crippen LogP contribution in [-0.4, -0.2) is 46.7 Å². The van der Waals surface area contributed by atoms with Crippen LogP contribution >= 0.6 is 0 Å². The minimum atomic E-state index is -0.238. The third kappa shape index (κ3) is 2.71. The molecule has 1 aliphatic carbocycles. The van der Waals surface area contributed by atoms with Crippen molar-refractivity contribution in [3.63, 3.8) is 0 Å². The Morgan fingerprint density at radius 3 is 2.56 bits per heavy atom. The molecule has 2 aromatic rings. The lowest BCUT2D eigenvalue weighted by Gasteiger charge is -2.40. The summed E-state index contributed by atoms with van der Waals surface area (Å²) in [7, 11) is 0. The lowest BCUT2D eigenvalue weighted by atomic mass is 9.92. The van der Waals surface area contributed by atoms with Gasteiger partial charge in [0.05, 0.1) is 12.1 Å². The minimum Gasteiger partial charge on any atom is -0.390 e. The molecule has 0 spiro atoms. The van der Waals surface area contributed by atoms with Gasteiger partial charge in [-0.3, -0.25) is 9.80 Å². The first-order chi connectivity index (χ1) is 12.3. The first-order valence-electron chi connectivity index (χ1n) is 9.60. The van der Waals surface area contributed by atoms with Crippen LogP contribution in [0.1, 0.15) is 34.7 Å². The van der Waals surface area contributed by atoms with E-state index in [1.807, 2.05) is 0 Å². The van der Waals surface area contributed by atoms with Crippen molar-refractivity contribution in [3.05, 3.63) is 70.8 Å². The Hall–Kier alpha value is -1.68. The molecule has 3 atom stereocenters. The lowest BCUT2D eigenvalue weighted by molar-refractivity contribution is 0.0487. The van der Waals surface area contributed by atoms with E-state index in [0.717, 1.165) is 32.6 Å². The van der Waals surface area contributed by atoms with Gasteiger partial charge in [-0.1, -0.05) is 48.5 Å². The van der Waals surface area contributed by atoms with Crippen molar-refractivity contribution >= 4 is 0 Å². The quantitative estimate of drug-likeness (QED) is 0.935. The average molecular weight is 334 g/mol. The molecule has 0 aromatic heterocycles. The van der Waals surface area contributed by atoms with Gasteiger partial charge in [0.1, 0.15) is 0 Å². The summed E-state index contributed by atoms with van der Waals surface area (Å²) >= 11 is 0. The average Bonchev–Trinajstić information content (AvgIpc) is 3.22. The minimum absolute atomic E-state index is 0.238. The molecule has 1 fully saturated rings. The Labute approximate surface area is 149 Å². The summed E-state index contributed by atoms with van der Waals surface area (Å²) < 4.78 is 0. The van der Waals surface area contributed by atoms with Crippen molar-refractivity contribution in [3.8, 4) is 0 Å². The van der Waals surface area contributed by atoms with Crippen LogP contribution in [0, 0.1) is 0 Å². The van der Waals surface area contributed by atoms with Gasteiger partial charge in [-0.2, -0.15) is 0 Å². The van der Waals surface area contributed by atoms with Crippen LogP contribution in [0.25, 0.3) is 0 Å². The molecule has 2 aromatic carbocycles. The molecule has 130 valence electrons. The Kier molecular flexibility index (Phi) is 3.89. The topological polar surface area (TPSA) is 26.7 Å². The predicted octanol–water partition coefficient (Wildman–Crippen LogP) is 2.78. The molecule has 1 N–H and O–H groups in total. The highest BCUT2D eigenvalue weighted by atomic mass is 16.3. The standard InChI is InChI=1S/C22H26N2O/c25-21-15-23(13-16-5-2-1-3-6-16)14-20(21)24-12-11-18-8-4-7-17-9-10-19(24)22(17)18/h1-8,19-21,25H,9-15H2/t19?,20-,21-/m1/s1. The predicted molar refractivity (Wildman–Crippen MR) is 99.4 cm³/mol. The maximum absolute atomic E-state index is 10.8. The summed E-state index contributed by atoms with van der Waals surface area (Å²) in [5, 5.41) is 10.8. The van der Waals surface area contributed by atoms with E-state index in [1.54, 1.807) is 16.7 Å². The molecule has 3 aliphatic rings. The summed E-state index contributed by atoms with van der Waals surface area (Å²) in [4.78, 5) is 5.04. The maximum atomic E-state index is 10.8. The van der Waals surface area contributed by atoms with Crippen LogP contribution in [0.5, 0.6) is 0 Å². The number of β-amino-alcohol motifs (C(OH)–C–C–N with tert-alkyl or cyclic N) is 1. The molecule has 1 saturated heterocycles. The van der Waals surface area contributed by atoms with Crippen molar-refractivity contribution in [2.75, 3.05) is 19.6 Å². The molecule has 0 amide bonds. The van der Waals surface area contributed by atoms with Crippen molar-refractivity contribution in [1.29, 1.82) is 0 Å². The van der Waals surface area contributed by atoms with Crippen molar-refractivity contribution in [1.82, 2.24) is 9.80 Å². The molecule has 3 nitrogen and oxygen atoms in total. The van der Waals surface area contributed by atoms with Crippen LogP contribution in [-0.2, 0) is 19.4 Å². The number of rotatable bonds is 3. The number of aliphatic hydroxyl groups excluding tert-OH is 1. The van der Waals surface area contributed by atoms with Gasteiger partial charge in [-0.05, 0) is 41.5 Å². The second-order valence-electron chi connectivity index (χ2n) is 7.85. The molecular weight excluding hydrogens is 308 g/mol. The second kappa shape index (κ2) is 6.24. The fourth-order valence-electron chi connectivity index (χ4n) is 5.24. The van der Waals surface area contributed by atoms with E-state index in [9.17, 15) is 5.11 Å². The fraction of sp³-hybridized carbons (Fsp3) is 0.455. The van der Waals surface area contributed by atoms with Gasteiger partial charge in [0.25, 0.3) is 0 Å². The van der Waals surface area contributed by atoms with E-state index >= 15 is 0 Å². The zero-order chi connectivity index (χ0) is 16.8. The van der Waals surface area contributed by atoms with Gasteiger partial charge in [-0.25, -0.2) is 0 Å². The second-order valence-corrected chi connectivity index (χ2v) is 7.85. The summed E-state index contributed by atoms with van der Waals surface area (Å²) in [6, 6.07) is 18.2. The molecule has 5 rings (SSSR count). The lowest BCUT2D eigenvalue weighted by Crippen LogP contribution is -2.47. The van der Waals surface area contributed by atoms with E-state index in [0.29, 0.717) is 6.04 Å². The Morgan fingerprint density at radius 1 is 0.920 bits per heavy atom. The monoisotopic (exact) mass is 334 g/mol. The van der Waals surface area contributed by atoms with Crippen molar-refractivity contribution < 1.29 is 5.11 Å². The van der Waals surface area contributed by atoms with Gasteiger partial charge in [0, 0.05) is 32.2 Å². The third-order valence-electron chi connectivity index (χ3n) is 6.36. The SMILES string of the molecule is O[C@@H]1CN(Cc2ccccc2)C[C@H]1N1CCc2cccc3c2C1CC3. The van der Waals surface area contributed by atoms with Gasteiger partial charge in [0.15, 0.2) is 0 Å². The highest BCUT2D eigenvalue weighted by Crippen LogP contribution is 2.43. The van der Waals surface area contributed by atoms with Gasteiger partial charge < -0.3 is 5.11 Å². The van der Waals surface area contributed by atoms with Crippen LogP contribution in [0.15, 0.2) is 48.5 Å². The van der Waals surface area contributed by atoms with Crippen LogP contribution in [0.2, 0.25) is 0 Å². The zero-order valence-electron chi connectivity index (χ0n) is 14.6. The van der Waals surface area contributed by atoms with E-state index in [1.165, 1.54) is 18.4 Å². The van der Waals surface area contributed by atoms with E-state index in [-0.39, 0.29) is 12.1 Å². The number of hydrogen-bond donors (Lipinski definition) is 1. The molecule has 1 unspecified atom stereocenters. The first-order valence-corrected chi connectivity index (χ1v) is 9.60. The molecule has 0 radical (unpaired) electrons. The molecule has 0 saturated carbocycles. The normalized spacial score (nSPS) is 29.1. The van der Waals surface area contributed by atoms with Gasteiger partial charge in [0.2, 0.25) is 0 Å². The number of aliphatic hydroxyl groups is 1. The number of hydrogen-bond acceptors (Lipinski definition) is 3. The first kappa shape index (κ1) is 15.6. The summed E-state index contributed by atoms with van der Waals surface area (Å²) in [6.07, 6.45) is 3.30. The van der Waals surface area contributed by atoms with E-state index in [2.05, 4.69) is 58.3 Å². The number of aryl methyl sites for hydroxylation is 1. The van der Waals surface area contributed by atoms with Crippen LogP contribution < -0.4 is 0 Å². The summed E-state index contributed by atoms with van der Waals surface area (Å²) in [5.41, 5.74) is 6.01. The van der Waals surface area contributed by atoms with Crippen LogP contribution in [0.4, 0.5) is 0 Å². The van der Waals surface area contributed by atoms with E-state index in [4.69, 9.17) is 0 Å². The third-order valence-corrected chi connectivity index (χ3v) is 6.36. The zero-order valence-corrected chi connectivity index (χ0v) is 14.6. The number of benzene rings is 2. The molecular formula is C22H26N2O. The van der Waals surface area contributed by atoms with Gasteiger partial charge >= 0.3 is 0 Å². The maximum Gasteiger partial charge on any atom is 0.0834 e. The van der Waals surface area contributed by atoms with Gasteiger partial charge in [-0.15, -0.1) is 0 Å². The summed E-state index contributed by atoms with van der Waals surface area (Å²) in [5.74, 6) is 0. The Morgan fingerprint density at radius 2 is 1.72 bits per heavy atom. The van der Waals surface area contributed by atoms with E-state index < -0.39 is 0 Å². The molecule has 0 bridgehead atoms. The van der Waals surface area contributed by atoms with Crippen molar-refractivity contribution in [2.24, 2.45) is 0 Å². The number of likely N-dealkylation sites (tertiary alicyclic amines) is 1. The van der Waals surface area contributed by atoms with Crippen LogP contribution in [0.3, 0.4) is 0 Å². The Balaban J connectivity index is 1.34. The smallest absolute Gasteiger partial charge is 0.0834 e. The molecule has 25 heavy (non-hydrogen) atoms. The Bertz CT molecular complexity index is 760. The largest absolute Gasteiger partial charge is 0.390 e. The highest BCUT2D eigenvalue weighted by Gasteiger charge is 2.42. The molecule has 2 aliphatic heterocycles. The highest BCUT2D eigenvalue weighted by molar-refractivity contribution is 5.43. The number of nitrogens with zero attached hydrogens (tertiary/aromatic N) is 2.